The van der Waals surface area contributed by atoms with Gasteiger partial charge in [0, 0.05) is 0 Å². The zero-order valence-corrected chi connectivity index (χ0v) is 7.38. The summed E-state index contributed by atoms with van der Waals surface area (Å²) in [4.78, 5) is 8.36. The van der Waals surface area contributed by atoms with Crippen molar-refractivity contribution in [3.63, 3.8) is 0 Å². The Bertz CT molecular complexity index is 37.2. The number of carbonyl (C=O) groups is 1. The fraction of sp³-hybridized carbons (Fsp3) is 0.500. The Labute approximate surface area is 58.9 Å². The Morgan fingerprint density at radius 1 is 1.75 bits per heavy atom. The highest BCUT2D eigenvalue weighted by Crippen LogP contribution is 2.15. The minimum atomic E-state index is -0.250. The molecule has 0 aliphatic heterocycles. The highest BCUT2D eigenvalue weighted by molar-refractivity contribution is 8.74. The SMILES string of the molecule is CSSF.O=CO.P. The molecule has 0 fully saturated rings. The van der Waals surface area contributed by atoms with E-state index in [9.17, 15) is 3.89 Å². The van der Waals surface area contributed by atoms with E-state index in [1.54, 1.807) is 6.26 Å². The minimum Gasteiger partial charge on any atom is -0.483 e. The predicted molar refractivity (Wildman–Crippen MR) is 42.0 cm³/mol. The lowest BCUT2D eigenvalue weighted by atomic mass is 11.7. The van der Waals surface area contributed by atoms with Gasteiger partial charge in [-0.3, -0.25) is 4.79 Å². The van der Waals surface area contributed by atoms with E-state index in [4.69, 9.17) is 9.90 Å². The van der Waals surface area contributed by atoms with Crippen LogP contribution in [-0.2, 0) is 4.79 Å². The molecule has 52 valence electrons. The van der Waals surface area contributed by atoms with Gasteiger partial charge in [0.25, 0.3) is 6.47 Å². The van der Waals surface area contributed by atoms with Gasteiger partial charge >= 0.3 is 0 Å². The van der Waals surface area contributed by atoms with Crippen LogP contribution in [0.4, 0.5) is 3.89 Å². The molecule has 0 amide bonds. The Morgan fingerprint density at radius 3 is 1.88 bits per heavy atom. The average molecular weight is 178 g/mol. The largest absolute Gasteiger partial charge is 0.483 e. The van der Waals surface area contributed by atoms with Crippen molar-refractivity contribution in [3.8, 4) is 0 Å². The van der Waals surface area contributed by atoms with Gasteiger partial charge in [0.1, 0.15) is 11.2 Å². The van der Waals surface area contributed by atoms with Crippen LogP contribution in [-0.4, -0.2) is 17.8 Å². The molecule has 2 nitrogen and oxygen atoms in total. The van der Waals surface area contributed by atoms with E-state index >= 15 is 0 Å². The highest BCUT2D eigenvalue weighted by atomic mass is 33.1. The molecule has 0 radical (unpaired) electrons. The van der Waals surface area contributed by atoms with E-state index in [0.717, 1.165) is 10.8 Å². The second-order valence-electron chi connectivity index (χ2n) is 0.335. The lowest BCUT2D eigenvalue weighted by molar-refractivity contribution is -0.122. The van der Waals surface area contributed by atoms with Gasteiger partial charge in [-0.25, -0.2) is 0 Å². The van der Waals surface area contributed by atoms with Gasteiger partial charge in [-0.15, -0.1) is 0 Å². The molecule has 0 heterocycles. The van der Waals surface area contributed by atoms with Crippen LogP contribution in [0.2, 0.25) is 0 Å². The van der Waals surface area contributed by atoms with Crippen LogP contribution < -0.4 is 0 Å². The van der Waals surface area contributed by atoms with E-state index in [2.05, 4.69) is 0 Å². The van der Waals surface area contributed by atoms with Crippen LogP contribution in [0.1, 0.15) is 0 Å². The molecule has 0 aromatic carbocycles. The molecule has 6 heteroatoms. The van der Waals surface area contributed by atoms with Gasteiger partial charge in [-0.1, -0.05) is 10.8 Å². The molecule has 1 N–H and O–H groups in total. The van der Waals surface area contributed by atoms with Crippen molar-refractivity contribution in [1.29, 1.82) is 0 Å². The van der Waals surface area contributed by atoms with Gasteiger partial charge in [-0.05, 0) is 6.26 Å². The van der Waals surface area contributed by atoms with Crippen LogP contribution in [0, 0.1) is 0 Å². The first-order valence-electron chi connectivity index (χ1n) is 1.22. The molecule has 0 rings (SSSR count). The van der Waals surface area contributed by atoms with E-state index in [1.165, 1.54) is 0 Å². The van der Waals surface area contributed by atoms with Crippen molar-refractivity contribution >= 4 is 38.3 Å². The third-order valence-electron chi connectivity index (χ3n) is 0.0630. The smallest absolute Gasteiger partial charge is 0.290 e. The van der Waals surface area contributed by atoms with Crippen molar-refractivity contribution in [2.24, 2.45) is 0 Å². The Balaban J connectivity index is -0.0000000575. The topological polar surface area (TPSA) is 37.3 Å². The molecule has 0 bridgehead atoms. The monoisotopic (exact) mass is 178 g/mol. The van der Waals surface area contributed by atoms with Crippen molar-refractivity contribution in [1.82, 2.24) is 0 Å². The van der Waals surface area contributed by atoms with Crippen molar-refractivity contribution < 1.29 is 13.8 Å². The first kappa shape index (κ1) is 15.8. The van der Waals surface area contributed by atoms with Crippen molar-refractivity contribution in [2.75, 3.05) is 6.26 Å². The van der Waals surface area contributed by atoms with Gasteiger partial charge in [0.15, 0.2) is 0 Å². The lowest BCUT2D eigenvalue weighted by Crippen LogP contribution is -1.49. The summed E-state index contributed by atoms with van der Waals surface area (Å²) in [6.07, 6.45) is 1.69. The molecule has 0 aromatic rings. The Hall–Kier alpha value is 0.530. The molecule has 1 unspecified atom stereocenters. The summed E-state index contributed by atoms with van der Waals surface area (Å²) in [5.41, 5.74) is 0. The first-order valence-corrected chi connectivity index (χ1v) is 3.68. The maximum atomic E-state index is 10.6. The van der Waals surface area contributed by atoms with E-state index in [1.807, 2.05) is 0 Å². The summed E-state index contributed by atoms with van der Waals surface area (Å²) in [7, 11) is 1.11. The number of hydrogen-bond acceptors (Lipinski definition) is 3. The third-order valence-corrected chi connectivity index (χ3v) is 0.567. The zero-order chi connectivity index (χ0) is 6.12. The van der Waals surface area contributed by atoms with Crippen LogP contribution in [0.3, 0.4) is 0 Å². The first-order chi connectivity index (χ1) is 3.33. The molecule has 0 spiro atoms. The van der Waals surface area contributed by atoms with Gasteiger partial charge in [0.2, 0.25) is 0 Å². The van der Waals surface area contributed by atoms with Gasteiger partial charge in [0.05, 0.1) is 0 Å². The molecule has 0 saturated carbocycles. The molecule has 0 aromatic heterocycles. The Kier molecular flexibility index (Phi) is 50.9. The van der Waals surface area contributed by atoms with Crippen LogP contribution in [0.5, 0.6) is 0 Å². The maximum Gasteiger partial charge on any atom is 0.290 e. The second kappa shape index (κ2) is 25.8. The quantitative estimate of drug-likeness (QED) is 0.376. The van der Waals surface area contributed by atoms with E-state index < -0.39 is 0 Å². The summed E-state index contributed by atoms with van der Waals surface area (Å²) >= 11 is 0.273. The maximum absolute atomic E-state index is 10.6. The second-order valence-corrected chi connectivity index (χ2v) is 2.17. The van der Waals surface area contributed by atoms with Gasteiger partial charge in [-0.2, -0.15) is 13.8 Å². The molecular weight excluding hydrogens is 170 g/mol. The van der Waals surface area contributed by atoms with Gasteiger partial charge < -0.3 is 5.11 Å². The number of hydrogen-bond donors (Lipinski definition) is 1. The summed E-state index contributed by atoms with van der Waals surface area (Å²) < 4.78 is 10.6. The van der Waals surface area contributed by atoms with Crippen LogP contribution >= 0.6 is 31.9 Å². The fourth-order valence-electron chi connectivity index (χ4n) is 0. The molecule has 0 aliphatic rings. The van der Waals surface area contributed by atoms with E-state index in [-0.39, 0.29) is 27.6 Å². The summed E-state index contributed by atoms with van der Waals surface area (Å²) in [5.74, 6) is 0. The summed E-state index contributed by atoms with van der Waals surface area (Å²) in [5, 5.41) is 6.89. The minimum absolute atomic E-state index is 0. The summed E-state index contributed by atoms with van der Waals surface area (Å²) in [6.45, 7) is -0.250. The standard InChI is InChI=1S/CH3FS2.CH2O2.H3P/c1-3-4-2;2-1-3;/h1H3;1H,(H,2,3);1H3. The van der Waals surface area contributed by atoms with Crippen LogP contribution in [0.15, 0.2) is 0 Å². The van der Waals surface area contributed by atoms with Crippen LogP contribution in [0.25, 0.3) is 0 Å². The number of rotatable bonds is 1. The molecular formula is C2H8FO2PS2. The summed E-state index contributed by atoms with van der Waals surface area (Å²) in [6, 6.07) is 0. The molecule has 1 atom stereocenters. The van der Waals surface area contributed by atoms with Crippen molar-refractivity contribution in [2.45, 2.75) is 0 Å². The fourth-order valence-corrected chi connectivity index (χ4v) is 0. The highest BCUT2D eigenvalue weighted by Gasteiger charge is 1.62. The average Bonchev–Trinajstić information content (AvgIpc) is 1.69. The normalized spacial score (nSPS) is 5.25. The van der Waals surface area contributed by atoms with E-state index in [0.29, 0.717) is 0 Å². The molecule has 0 aliphatic carbocycles. The zero-order valence-electron chi connectivity index (χ0n) is 4.33. The number of carboxylic acid groups (broad SMARTS) is 1. The lowest BCUT2D eigenvalue weighted by Gasteiger charge is -1.62. The molecule has 0 saturated heterocycles. The van der Waals surface area contributed by atoms with Crippen molar-refractivity contribution in [3.05, 3.63) is 0 Å². The number of halogens is 1. The molecule has 8 heavy (non-hydrogen) atoms. The predicted octanol–water partition coefficient (Wildman–Crippen LogP) is 1.64. The third kappa shape index (κ3) is 85.3. The Morgan fingerprint density at radius 2 is 1.88 bits per heavy atom.